The van der Waals surface area contributed by atoms with Crippen LogP contribution in [0.2, 0.25) is 0 Å². The molecule has 4 unspecified atom stereocenters. The number of unbranched alkanes of at least 4 members (excludes halogenated alkanes) is 6. The lowest BCUT2D eigenvalue weighted by molar-refractivity contribution is -0.116. The van der Waals surface area contributed by atoms with Crippen LogP contribution in [0.1, 0.15) is 100.0 Å². The zero-order valence-electron chi connectivity index (χ0n) is 33.0. The fourth-order valence-corrected chi connectivity index (χ4v) is 11.4. The number of likely N-dealkylation sites (tertiary alicyclic amines) is 2. The molecule has 4 aliphatic rings. The summed E-state index contributed by atoms with van der Waals surface area (Å²) in [6, 6.07) is 15.3. The molecule has 0 bridgehead atoms. The normalized spacial score (nSPS) is 27.4. The van der Waals surface area contributed by atoms with E-state index in [0.29, 0.717) is 35.0 Å². The highest BCUT2D eigenvalue weighted by Crippen LogP contribution is 2.64. The number of nitrogens with two attached hydrogens (primary N) is 1. The third-order valence-electron chi connectivity index (χ3n) is 12.6. The van der Waals surface area contributed by atoms with Crippen LogP contribution in [0, 0.1) is 23.7 Å². The number of rotatable bonds is 20. The van der Waals surface area contributed by atoms with E-state index in [1.807, 2.05) is 24.3 Å². The molecule has 2 saturated heterocycles. The second kappa shape index (κ2) is 17.4. The SMILES string of the molecule is CCCCCCN1CC2C(C1)C2(C)c1cccc(NS(=O)(=O)CC(C)=O)c1.CCCCCCN1CC2C(C1)C2(C)c1cccc(NS(=O)(=O)CC(N)=O)c1.[HH].[HH]. The van der Waals surface area contributed by atoms with Crippen molar-refractivity contribution in [3.05, 3.63) is 59.7 Å². The lowest BCUT2D eigenvalue weighted by Crippen LogP contribution is -2.30. The summed E-state index contributed by atoms with van der Waals surface area (Å²) in [5, 5.41) is 0. The monoisotopic (exact) mass is 789 g/mol. The first-order chi connectivity index (χ1) is 25.5. The quantitative estimate of drug-likeness (QED) is 0.133. The van der Waals surface area contributed by atoms with Gasteiger partial charge >= 0.3 is 0 Å². The van der Waals surface area contributed by atoms with E-state index in [1.54, 1.807) is 12.1 Å². The number of primary amides is 1. The Bertz CT molecular complexity index is 1710. The molecule has 2 saturated carbocycles. The number of nitrogens with one attached hydrogen (secondary N) is 2. The predicted molar refractivity (Wildman–Crippen MR) is 222 cm³/mol. The third-order valence-corrected chi connectivity index (χ3v) is 15.1. The summed E-state index contributed by atoms with van der Waals surface area (Å²) < 4.78 is 53.0. The second-order valence-electron chi connectivity index (χ2n) is 16.7. The van der Waals surface area contributed by atoms with Gasteiger partial charge in [0.2, 0.25) is 26.0 Å². The van der Waals surface area contributed by atoms with Gasteiger partial charge in [0, 0.05) is 51.2 Å². The summed E-state index contributed by atoms with van der Waals surface area (Å²) in [4.78, 5) is 27.2. The minimum Gasteiger partial charge on any atom is -0.369 e. The molecule has 2 aromatic carbocycles. The molecule has 13 heteroatoms. The van der Waals surface area contributed by atoms with Crippen LogP contribution in [0.15, 0.2) is 48.5 Å². The van der Waals surface area contributed by atoms with Gasteiger partial charge in [-0.05, 0) is 91.9 Å². The lowest BCUT2D eigenvalue weighted by atomic mass is 9.92. The Kier molecular flexibility index (Phi) is 13.6. The van der Waals surface area contributed by atoms with E-state index in [2.05, 4.69) is 59.1 Å². The number of carbonyl (C=O) groups excluding carboxylic acids is 2. The Morgan fingerprint density at radius 3 is 1.43 bits per heavy atom. The highest BCUT2D eigenvalue weighted by molar-refractivity contribution is 7.93. The highest BCUT2D eigenvalue weighted by atomic mass is 32.2. The van der Waals surface area contributed by atoms with Gasteiger partial charge in [-0.25, -0.2) is 16.8 Å². The van der Waals surface area contributed by atoms with Crippen molar-refractivity contribution in [3.8, 4) is 0 Å². The molecule has 4 atom stereocenters. The number of anilines is 2. The van der Waals surface area contributed by atoms with Crippen molar-refractivity contribution in [1.82, 2.24) is 9.80 Å². The molecular formula is C41H67N5O6S2. The van der Waals surface area contributed by atoms with Gasteiger partial charge in [0.1, 0.15) is 17.3 Å². The van der Waals surface area contributed by atoms with Crippen LogP contribution in [0.25, 0.3) is 0 Å². The first-order valence-corrected chi connectivity index (χ1v) is 23.3. The maximum Gasteiger partial charge on any atom is 0.241 e. The molecule has 0 spiro atoms. The van der Waals surface area contributed by atoms with Crippen molar-refractivity contribution in [1.29, 1.82) is 0 Å². The second-order valence-corrected chi connectivity index (χ2v) is 20.1. The molecule has 6 rings (SSSR count). The number of benzene rings is 2. The number of carbonyl (C=O) groups is 2. The number of amides is 1. The average molecular weight is 790 g/mol. The number of fused-ring (bicyclic) bond motifs is 2. The van der Waals surface area contributed by atoms with Crippen molar-refractivity contribution >= 4 is 43.1 Å². The Labute approximate surface area is 327 Å². The maximum absolute atomic E-state index is 12.0. The van der Waals surface area contributed by atoms with Crippen molar-refractivity contribution in [3.63, 3.8) is 0 Å². The number of hydrogen-bond donors (Lipinski definition) is 3. The first kappa shape index (κ1) is 42.1. The Balaban J connectivity index is 0.000000290. The minimum absolute atomic E-state index is 0. The number of ketones is 1. The van der Waals surface area contributed by atoms with Crippen LogP contribution in [-0.4, -0.2) is 89.1 Å². The molecule has 1 amide bonds. The van der Waals surface area contributed by atoms with Crippen LogP contribution in [0.3, 0.4) is 0 Å². The highest BCUT2D eigenvalue weighted by Gasteiger charge is 2.66. The molecule has 304 valence electrons. The van der Waals surface area contributed by atoms with Crippen molar-refractivity contribution < 1.29 is 29.3 Å². The van der Waals surface area contributed by atoms with Crippen LogP contribution in [0.5, 0.6) is 0 Å². The van der Waals surface area contributed by atoms with Gasteiger partial charge < -0.3 is 15.5 Å². The van der Waals surface area contributed by atoms with Gasteiger partial charge in [-0.3, -0.25) is 19.0 Å². The molecule has 11 nitrogen and oxygen atoms in total. The molecule has 2 heterocycles. The third kappa shape index (κ3) is 10.2. The van der Waals surface area contributed by atoms with E-state index in [9.17, 15) is 26.4 Å². The number of nitrogens with zero attached hydrogens (tertiary/aromatic N) is 2. The number of hydrogen-bond acceptors (Lipinski definition) is 8. The lowest BCUT2D eigenvalue weighted by Gasteiger charge is -2.24. The van der Waals surface area contributed by atoms with Gasteiger partial charge in [0.25, 0.3) is 0 Å². The Hall–Kier alpha value is -3.00. The first-order valence-electron chi connectivity index (χ1n) is 20.0. The summed E-state index contributed by atoms with van der Waals surface area (Å²) in [6.45, 7) is 17.3. The topological polar surface area (TPSA) is 159 Å². The van der Waals surface area contributed by atoms with E-state index in [-0.39, 0.29) is 19.5 Å². The summed E-state index contributed by atoms with van der Waals surface area (Å²) in [5.41, 5.74) is 8.68. The average Bonchev–Trinajstić information content (AvgIpc) is 3.56. The zero-order valence-corrected chi connectivity index (χ0v) is 34.6. The number of sulfonamides is 2. The van der Waals surface area contributed by atoms with Crippen LogP contribution in [-0.2, 0) is 40.5 Å². The molecule has 2 aromatic rings. The van der Waals surface area contributed by atoms with E-state index in [1.165, 1.54) is 82.5 Å². The smallest absolute Gasteiger partial charge is 0.241 e. The fourth-order valence-electron chi connectivity index (χ4n) is 9.39. The van der Waals surface area contributed by atoms with Crippen LogP contribution >= 0.6 is 0 Å². The van der Waals surface area contributed by atoms with E-state index >= 15 is 0 Å². The summed E-state index contributed by atoms with van der Waals surface area (Å²) in [5.74, 6) is 0.199. The standard InChI is InChI=1S/C21H32N2O3S.C20H31N3O3S.2H2/c1-4-5-6-7-11-23-13-19-20(14-23)21(19,3)17-9-8-10-18(12-17)22-27(25,26)15-16(2)24;1-3-4-5-6-10-23-12-17-18(13-23)20(17,2)15-8-7-9-16(11-15)22-27(25,26)14-19(21)24;;/h8-10,12,19-20,22H,4-7,11,13-15H2,1-3H3;7-9,11,17-18,22H,3-6,10,12-14H2,1-2H3,(H2,21,24);2*1H. The predicted octanol–water partition coefficient (Wildman–Crippen LogP) is 6.22. The van der Waals surface area contributed by atoms with Crippen LogP contribution < -0.4 is 15.2 Å². The Morgan fingerprint density at radius 1 is 0.685 bits per heavy atom. The fraction of sp³-hybridized carbons (Fsp3) is 0.659. The number of Topliss-reactive ketones (excluding diaryl/α,β-unsaturated/α-hetero) is 1. The van der Waals surface area contributed by atoms with Gasteiger partial charge in [0.05, 0.1) is 0 Å². The van der Waals surface area contributed by atoms with E-state index in [4.69, 9.17) is 5.73 Å². The van der Waals surface area contributed by atoms with Gasteiger partial charge in [-0.2, -0.15) is 0 Å². The number of piperidine rings is 2. The molecular weight excluding hydrogens is 723 g/mol. The molecule has 54 heavy (non-hydrogen) atoms. The zero-order chi connectivity index (χ0) is 39.3. The van der Waals surface area contributed by atoms with Crippen molar-refractivity contribution in [2.24, 2.45) is 29.4 Å². The van der Waals surface area contributed by atoms with E-state index < -0.39 is 37.5 Å². The summed E-state index contributed by atoms with van der Waals surface area (Å²) in [7, 11) is -7.38. The largest absolute Gasteiger partial charge is 0.369 e. The maximum atomic E-state index is 12.0. The Morgan fingerprint density at radius 2 is 1.07 bits per heavy atom. The van der Waals surface area contributed by atoms with Gasteiger partial charge in [-0.15, -0.1) is 0 Å². The molecule has 2 aliphatic carbocycles. The van der Waals surface area contributed by atoms with Crippen LogP contribution in [0.4, 0.5) is 11.4 Å². The van der Waals surface area contributed by atoms with Crippen molar-refractivity contribution in [2.75, 3.05) is 60.2 Å². The summed E-state index contributed by atoms with van der Waals surface area (Å²) >= 11 is 0. The summed E-state index contributed by atoms with van der Waals surface area (Å²) in [6.07, 6.45) is 10.4. The molecule has 4 N–H and O–H groups in total. The van der Waals surface area contributed by atoms with Gasteiger partial charge in [-0.1, -0.05) is 90.5 Å². The molecule has 0 radical (unpaired) electrons. The molecule has 2 aliphatic heterocycles. The van der Waals surface area contributed by atoms with Gasteiger partial charge in [0.15, 0.2) is 0 Å². The molecule has 0 aromatic heterocycles. The molecule has 4 fully saturated rings. The van der Waals surface area contributed by atoms with E-state index in [0.717, 1.165) is 26.2 Å². The van der Waals surface area contributed by atoms with Crippen molar-refractivity contribution in [2.45, 2.75) is 96.8 Å². The minimum atomic E-state index is -3.75.